The summed E-state index contributed by atoms with van der Waals surface area (Å²) in [4.78, 5) is 8.16. The van der Waals surface area contributed by atoms with Gasteiger partial charge >= 0.3 is 0 Å². The quantitative estimate of drug-likeness (QED) is 0.902. The number of aromatic nitrogens is 2. The molecule has 18 heavy (non-hydrogen) atoms. The van der Waals surface area contributed by atoms with Gasteiger partial charge in [-0.25, -0.2) is 4.98 Å². The zero-order valence-corrected chi connectivity index (χ0v) is 11.2. The molecule has 1 aromatic heterocycles. The second kappa shape index (κ2) is 4.82. The number of ether oxygens (including phenoxy) is 1. The molecule has 0 amide bonds. The first-order valence-electron chi connectivity index (χ1n) is 5.51. The summed E-state index contributed by atoms with van der Waals surface area (Å²) in [7, 11) is 0. The maximum absolute atomic E-state index is 6.10. The van der Waals surface area contributed by atoms with Gasteiger partial charge in [-0.2, -0.15) is 4.98 Å². The van der Waals surface area contributed by atoms with Crippen LogP contribution in [0.3, 0.4) is 0 Å². The molecule has 5 heteroatoms. The van der Waals surface area contributed by atoms with Crippen LogP contribution in [-0.2, 0) is 0 Å². The molecule has 4 nitrogen and oxygen atoms in total. The number of nitrogen functional groups attached to an aromatic ring is 1. The van der Waals surface area contributed by atoms with Gasteiger partial charge in [-0.15, -0.1) is 0 Å². The molecule has 0 saturated carbocycles. The Morgan fingerprint density at radius 3 is 2.22 bits per heavy atom. The zero-order valence-electron chi connectivity index (χ0n) is 10.5. The van der Waals surface area contributed by atoms with Gasteiger partial charge in [0.15, 0.2) is 0 Å². The third-order valence-corrected chi connectivity index (χ3v) is 3.06. The summed E-state index contributed by atoms with van der Waals surface area (Å²) in [6.07, 6.45) is 0. The van der Waals surface area contributed by atoms with Crippen molar-refractivity contribution in [1.82, 2.24) is 9.97 Å². The first-order chi connectivity index (χ1) is 8.45. The Kier molecular flexibility index (Phi) is 3.39. The van der Waals surface area contributed by atoms with Crippen molar-refractivity contribution in [3.63, 3.8) is 0 Å². The number of hydrogen-bond acceptors (Lipinski definition) is 4. The van der Waals surface area contributed by atoms with Crippen molar-refractivity contribution in [2.45, 2.75) is 20.8 Å². The van der Waals surface area contributed by atoms with Gasteiger partial charge in [0.25, 0.3) is 0 Å². The highest BCUT2D eigenvalue weighted by Gasteiger charge is 2.06. The average molecular weight is 264 g/mol. The summed E-state index contributed by atoms with van der Waals surface area (Å²) in [5.41, 5.74) is 7.57. The third kappa shape index (κ3) is 2.71. The van der Waals surface area contributed by atoms with Gasteiger partial charge in [-0.05, 0) is 44.0 Å². The molecular weight excluding hydrogens is 250 g/mol. The predicted molar refractivity (Wildman–Crippen MR) is 72.2 cm³/mol. The van der Waals surface area contributed by atoms with E-state index >= 15 is 0 Å². The fraction of sp³-hybridized carbons (Fsp3) is 0.231. The molecule has 0 fully saturated rings. The first-order valence-corrected chi connectivity index (χ1v) is 5.89. The Morgan fingerprint density at radius 1 is 1.06 bits per heavy atom. The molecular formula is C13H14ClN3O. The number of anilines is 1. The molecule has 0 saturated heterocycles. The van der Waals surface area contributed by atoms with Gasteiger partial charge in [0.05, 0.1) is 0 Å². The van der Waals surface area contributed by atoms with Gasteiger partial charge in [-0.1, -0.05) is 11.6 Å². The van der Waals surface area contributed by atoms with Gasteiger partial charge < -0.3 is 10.5 Å². The Bertz CT molecular complexity index is 556. The highest BCUT2D eigenvalue weighted by molar-refractivity contribution is 6.32. The smallest absolute Gasteiger partial charge is 0.224 e. The summed E-state index contributed by atoms with van der Waals surface area (Å²) in [6.45, 7) is 5.63. The van der Waals surface area contributed by atoms with Crippen LogP contribution in [0.25, 0.3) is 0 Å². The lowest BCUT2D eigenvalue weighted by atomic mass is 10.1. The van der Waals surface area contributed by atoms with Crippen LogP contribution < -0.4 is 10.5 Å². The van der Waals surface area contributed by atoms with Gasteiger partial charge in [0.2, 0.25) is 5.88 Å². The summed E-state index contributed by atoms with van der Waals surface area (Å²) in [6, 6.07) is 5.32. The number of benzene rings is 1. The number of aryl methyl sites for hydroxylation is 3. The van der Waals surface area contributed by atoms with Crippen molar-refractivity contribution in [2.75, 3.05) is 5.73 Å². The lowest BCUT2D eigenvalue weighted by Crippen LogP contribution is -1.98. The molecule has 0 aliphatic heterocycles. The van der Waals surface area contributed by atoms with Crippen molar-refractivity contribution in [1.29, 1.82) is 0 Å². The highest BCUT2D eigenvalue weighted by atomic mass is 35.5. The van der Waals surface area contributed by atoms with E-state index in [0.29, 0.717) is 23.3 Å². The van der Waals surface area contributed by atoms with Crippen LogP contribution in [0.5, 0.6) is 11.6 Å². The summed E-state index contributed by atoms with van der Waals surface area (Å²) in [5.74, 6) is 2.08. The molecule has 2 rings (SSSR count). The van der Waals surface area contributed by atoms with Gasteiger partial charge in [-0.3, -0.25) is 0 Å². The number of nitrogens with zero attached hydrogens (tertiary/aromatic N) is 2. The number of rotatable bonds is 2. The van der Waals surface area contributed by atoms with E-state index in [0.717, 1.165) is 16.1 Å². The predicted octanol–water partition coefficient (Wildman–Crippen LogP) is 3.43. The fourth-order valence-corrected chi connectivity index (χ4v) is 1.81. The molecule has 2 N–H and O–H groups in total. The van der Waals surface area contributed by atoms with Crippen LogP contribution in [0.15, 0.2) is 18.2 Å². The minimum Gasteiger partial charge on any atom is -0.439 e. The second-order valence-electron chi connectivity index (χ2n) is 4.15. The number of halogens is 1. The maximum Gasteiger partial charge on any atom is 0.224 e. The van der Waals surface area contributed by atoms with Gasteiger partial charge in [0, 0.05) is 11.1 Å². The molecule has 0 unspecified atom stereocenters. The van der Waals surface area contributed by atoms with Crippen molar-refractivity contribution in [3.8, 4) is 11.6 Å². The lowest BCUT2D eigenvalue weighted by molar-refractivity contribution is 0.459. The minimum atomic E-state index is 0.389. The normalized spacial score (nSPS) is 10.4. The third-order valence-electron chi connectivity index (χ3n) is 2.47. The molecule has 1 heterocycles. The SMILES string of the molecule is Cc1nc(N)cc(Oc2cc(C)c(Cl)c(C)c2)n1. The summed E-state index contributed by atoms with van der Waals surface area (Å²) < 4.78 is 5.67. The van der Waals surface area contributed by atoms with Crippen molar-refractivity contribution >= 4 is 17.4 Å². The molecule has 0 aliphatic carbocycles. The van der Waals surface area contributed by atoms with Crippen molar-refractivity contribution in [2.24, 2.45) is 0 Å². The van der Waals surface area contributed by atoms with E-state index < -0.39 is 0 Å². The van der Waals surface area contributed by atoms with E-state index in [1.807, 2.05) is 26.0 Å². The topological polar surface area (TPSA) is 61.0 Å². The van der Waals surface area contributed by atoms with E-state index in [1.54, 1.807) is 13.0 Å². The van der Waals surface area contributed by atoms with Crippen molar-refractivity contribution in [3.05, 3.63) is 40.2 Å². The molecule has 2 aromatic rings. The lowest BCUT2D eigenvalue weighted by Gasteiger charge is -2.09. The second-order valence-corrected chi connectivity index (χ2v) is 4.53. The Labute approximate surface area is 111 Å². The Hall–Kier alpha value is -1.81. The molecule has 94 valence electrons. The summed E-state index contributed by atoms with van der Waals surface area (Å²) >= 11 is 6.10. The van der Waals surface area contributed by atoms with Crippen LogP contribution >= 0.6 is 11.6 Å². The van der Waals surface area contributed by atoms with E-state index in [2.05, 4.69) is 9.97 Å². The molecule has 0 radical (unpaired) electrons. The monoisotopic (exact) mass is 263 g/mol. The van der Waals surface area contributed by atoms with Crippen LogP contribution in [0.2, 0.25) is 5.02 Å². The summed E-state index contributed by atoms with van der Waals surface area (Å²) in [5, 5.41) is 0.751. The Balaban J connectivity index is 2.34. The number of hydrogen-bond donors (Lipinski definition) is 1. The van der Waals surface area contributed by atoms with E-state index in [4.69, 9.17) is 22.1 Å². The Morgan fingerprint density at radius 2 is 1.67 bits per heavy atom. The van der Waals surface area contributed by atoms with Crippen molar-refractivity contribution < 1.29 is 4.74 Å². The zero-order chi connectivity index (χ0) is 13.3. The fourth-order valence-electron chi connectivity index (χ4n) is 1.70. The first kappa shape index (κ1) is 12.6. The van der Waals surface area contributed by atoms with Crippen LogP contribution in [0.4, 0.5) is 5.82 Å². The molecule has 0 aliphatic rings. The molecule has 1 aromatic carbocycles. The number of nitrogens with two attached hydrogens (primary N) is 1. The van der Waals surface area contributed by atoms with E-state index in [9.17, 15) is 0 Å². The highest BCUT2D eigenvalue weighted by Crippen LogP contribution is 2.28. The van der Waals surface area contributed by atoms with Crippen LogP contribution in [0, 0.1) is 20.8 Å². The maximum atomic E-state index is 6.10. The van der Waals surface area contributed by atoms with Crippen LogP contribution in [0.1, 0.15) is 17.0 Å². The molecule has 0 spiro atoms. The standard InChI is InChI=1S/C13H14ClN3O/c1-7-4-10(5-8(2)13(7)14)18-12-6-11(15)16-9(3)17-12/h4-6H,1-3H3,(H2,15,16,17). The van der Waals surface area contributed by atoms with E-state index in [-0.39, 0.29) is 0 Å². The minimum absolute atomic E-state index is 0.389. The average Bonchev–Trinajstić information content (AvgIpc) is 2.24. The molecule has 0 atom stereocenters. The van der Waals surface area contributed by atoms with Gasteiger partial charge in [0.1, 0.15) is 17.4 Å². The largest absolute Gasteiger partial charge is 0.439 e. The molecule has 0 bridgehead atoms. The van der Waals surface area contributed by atoms with Crippen LogP contribution in [-0.4, -0.2) is 9.97 Å². The van der Waals surface area contributed by atoms with E-state index in [1.165, 1.54) is 0 Å².